The maximum absolute atomic E-state index is 11.4. The van der Waals surface area contributed by atoms with Crippen LogP contribution in [0, 0.1) is 16.7 Å². The fourth-order valence-electron chi connectivity index (χ4n) is 5.33. The number of carbonyl (C=O) groups excluding carboxylic acids is 1. The molecule has 0 bridgehead atoms. The first-order chi connectivity index (χ1) is 18.3. The number of nitrogens with zero attached hydrogens (tertiary/aromatic N) is 8. The Hall–Kier alpha value is -3.26. The summed E-state index contributed by atoms with van der Waals surface area (Å²) >= 11 is 2.97. The lowest BCUT2D eigenvalue weighted by atomic mass is 9.72. The topological polar surface area (TPSA) is 120 Å². The molecular weight excluding hydrogens is 537 g/mol. The highest BCUT2D eigenvalue weighted by Crippen LogP contribution is 2.43. The predicted molar refractivity (Wildman–Crippen MR) is 155 cm³/mol. The number of urea groups is 1. The molecule has 1 aromatic carbocycles. The van der Waals surface area contributed by atoms with Gasteiger partial charge < -0.3 is 20.4 Å². The average Bonchev–Trinajstić information content (AvgIpc) is 3.60. The second-order valence-electron chi connectivity index (χ2n) is 9.96. The summed E-state index contributed by atoms with van der Waals surface area (Å²) in [6, 6.07) is 9.97. The van der Waals surface area contributed by atoms with Gasteiger partial charge in [-0.15, -0.1) is 14.3 Å². The predicted octanol–water partition coefficient (Wildman–Crippen LogP) is 3.60. The van der Waals surface area contributed by atoms with E-state index >= 15 is 0 Å². The molecule has 2 aliphatic heterocycles. The van der Waals surface area contributed by atoms with Crippen molar-refractivity contribution in [3.05, 3.63) is 34.8 Å². The molecule has 38 heavy (non-hydrogen) atoms. The molecule has 2 aliphatic rings. The van der Waals surface area contributed by atoms with Gasteiger partial charge >= 0.3 is 6.03 Å². The van der Waals surface area contributed by atoms with E-state index in [4.69, 9.17) is 20.8 Å². The molecule has 1 atom stereocenters. The second kappa shape index (κ2) is 9.49. The van der Waals surface area contributed by atoms with Crippen LogP contribution in [0.15, 0.2) is 24.3 Å². The van der Waals surface area contributed by atoms with E-state index in [0.717, 1.165) is 83.0 Å². The molecule has 6 rings (SSSR count). The number of nitrogens with two attached hydrogens (primary N) is 1. The van der Waals surface area contributed by atoms with Crippen molar-refractivity contribution in [1.29, 1.82) is 5.26 Å². The van der Waals surface area contributed by atoms with Crippen molar-refractivity contribution in [2.45, 2.75) is 26.2 Å². The number of nitriles is 1. The number of imidazole rings is 1. The standard InChI is InChI=1S/C25H28N9OPS2/c1-3-17-20(31(2)22-29-19(18(12-26)37-22)15-4-6-16(36)7-5-15)34-23(28-17)38-24(30-34)32-10-8-25(9-11-32)13-33(14-25)21(27)35/h4-7H,3,8-11,13-14,36H2,1-2H3,(H2,27,35). The largest absolute Gasteiger partial charge is 0.351 e. The number of hydrogen-bond acceptors (Lipinski definition) is 9. The molecule has 2 saturated heterocycles. The zero-order valence-corrected chi connectivity index (χ0v) is 24.0. The fourth-order valence-corrected chi connectivity index (χ4v) is 7.34. The summed E-state index contributed by atoms with van der Waals surface area (Å²) in [7, 11) is 4.64. The number of hydrogen-bond donors (Lipinski definition) is 1. The SMILES string of the molecule is CCc1nc2sc(N3CCC4(CC3)CN(C(N)=O)C4)nn2c1N(C)c1nc(-c2ccc(P)cc2)c(C#N)s1. The van der Waals surface area contributed by atoms with Crippen molar-refractivity contribution in [3.8, 4) is 17.3 Å². The summed E-state index contributed by atoms with van der Waals surface area (Å²) in [5.74, 6) is 0.875. The number of anilines is 3. The van der Waals surface area contributed by atoms with Gasteiger partial charge in [0.2, 0.25) is 10.1 Å². The Morgan fingerprint density at radius 1 is 1.21 bits per heavy atom. The molecule has 4 aromatic rings. The molecule has 0 aliphatic carbocycles. The molecule has 196 valence electrons. The van der Waals surface area contributed by atoms with E-state index in [1.54, 1.807) is 16.2 Å². The van der Waals surface area contributed by atoms with Gasteiger partial charge in [0.15, 0.2) is 10.9 Å². The zero-order chi connectivity index (χ0) is 26.6. The number of likely N-dealkylation sites (tertiary alicyclic amines) is 1. The maximum atomic E-state index is 11.4. The number of rotatable bonds is 5. The van der Waals surface area contributed by atoms with Crippen molar-refractivity contribution in [1.82, 2.24) is 24.5 Å². The van der Waals surface area contributed by atoms with Crippen LogP contribution < -0.4 is 20.8 Å². The first kappa shape index (κ1) is 25.0. The number of amides is 2. The van der Waals surface area contributed by atoms with Crippen molar-refractivity contribution in [2.75, 3.05) is 43.0 Å². The highest BCUT2D eigenvalue weighted by molar-refractivity contribution is 7.27. The van der Waals surface area contributed by atoms with E-state index in [1.165, 1.54) is 11.3 Å². The third kappa shape index (κ3) is 4.19. The van der Waals surface area contributed by atoms with Crippen LogP contribution in [0.1, 0.15) is 30.3 Å². The number of thiazole rings is 1. The number of fused-ring (bicyclic) bond motifs is 1. The quantitative estimate of drug-likeness (QED) is 0.367. The van der Waals surface area contributed by atoms with E-state index in [-0.39, 0.29) is 11.4 Å². The van der Waals surface area contributed by atoms with Crippen LogP contribution in [0.4, 0.5) is 20.9 Å². The van der Waals surface area contributed by atoms with Crippen molar-refractivity contribution in [2.24, 2.45) is 11.1 Å². The molecule has 0 saturated carbocycles. The summed E-state index contributed by atoms with van der Waals surface area (Å²) in [4.78, 5) is 28.6. The number of aromatic nitrogens is 4. The molecule has 10 nitrogen and oxygen atoms in total. The molecule has 1 unspecified atom stereocenters. The van der Waals surface area contributed by atoms with Crippen LogP contribution in [0.2, 0.25) is 0 Å². The van der Waals surface area contributed by atoms with Crippen LogP contribution in [-0.2, 0) is 6.42 Å². The van der Waals surface area contributed by atoms with Crippen molar-refractivity contribution < 1.29 is 4.79 Å². The van der Waals surface area contributed by atoms with Crippen LogP contribution in [0.3, 0.4) is 0 Å². The Kier molecular flexibility index (Phi) is 6.25. The van der Waals surface area contributed by atoms with Crippen LogP contribution in [-0.4, -0.2) is 63.7 Å². The number of carbonyl (C=O) groups is 1. The van der Waals surface area contributed by atoms with Crippen molar-refractivity contribution in [3.63, 3.8) is 0 Å². The van der Waals surface area contributed by atoms with Crippen LogP contribution in [0.25, 0.3) is 16.2 Å². The third-order valence-electron chi connectivity index (χ3n) is 7.54. The number of piperidine rings is 1. The van der Waals surface area contributed by atoms with Crippen LogP contribution >= 0.6 is 31.9 Å². The Morgan fingerprint density at radius 3 is 2.55 bits per heavy atom. The molecule has 1 spiro atoms. The summed E-state index contributed by atoms with van der Waals surface area (Å²) in [6.07, 6.45) is 2.79. The number of benzene rings is 1. The summed E-state index contributed by atoms with van der Waals surface area (Å²) in [5, 5.41) is 17.6. The van der Waals surface area contributed by atoms with Gasteiger partial charge in [-0.1, -0.05) is 53.9 Å². The van der Waals surface area contributed by atoms with E-state index < -0.39 is 0 Å². The fraction of sp³-hybridized carbons (Fsp3) is 0.400. The Labute approximate surface area is 230 Å². The van der Waals surface area contributed by atoms with Gasteiger partial charge in [0, 0.05) is 44.2 Å². The van der Waals surface area contributed by atoms with Crippen molar-refractivity contribution >= 4 is 64.3 Å². The van der Waals surface area contributed by atoms with Gasteiger partial charge in [0.25, 0.3) is 0 Å². The van der Waals surface area contributed by atoms with Gasteiger partial charge in [-0.25, -0.2) is 14.8 Å². The number of primary amides is 1. The Morgan fingerprint density at radius 2 is 1.92 bits per heavy atom. The first-order valence-electron chi connectivity index (χ1n) is 12.5. The first-order valence-corrected chi connectivity index (χ1v) is 14.7. The molecule has 2 amide bonds. The lowest BCUT2D eigenvalue weighted by Crippen LogP contribution is -2.63. The molecule has 2 fully saturated rings. The van der Waals surface area contributed by atoms with E-state index in [1.807, 2.05) is 40.7 Å². The summed E-state index contributed by atoms with van der Waals surface area (Å²) in [6.45, 7) is 5.39. The summed E-state index contributed by atoms with van der Waals surface area (Å²) < 4.78 is 1.91. The smallest absolute Gasteiger partial charge is 0.314 e. The average molecular weight is 566 g/mol. The van der Waals surface area contributed by atoms with Gasteiger partial charge in [0.05, 0.1) is 5.69 Å². The maximum Gasteiger partial charge on any atom is 0.314 e. The second-order valence-corrected chi connectivity index (χ2v) is 12.5. The molecule has 2 N–H and O–H groups in total. The monoisotopic (exact) mass is 565 g/mol. The van der Waals surface area contributed by atoms with Gasteiger partial charge in [-0.2, -0.15) is 9.78 Å². The van der Waals surface area contributed by atoms with Gasteiger partial charge in [-0.05, 0) is 24.6 Å². The minimum Gasteiger partial charge on any atom is -0.351 e. The highest BCUT2D eigenvalue weighted by Gasteiger charge is 2.46. The van der Waals surface area contributed by atoms with Crippen LogP contribution in [0.5, 0.6) is 0 Å². The third-order valence-corrected chi connectivity index (χ3v) is 9.93. The minimum absolute atomic E-state index is 0.195. The van der Waals surface area contributed by atoms with Gasteiger partial charge in [0.1, 0.15) is 16.6 Å². The molecule has 13 heteroatoms. The number of aryl methyl sites for hydroxylation is 1. The molecular formula is C25H28N9OPS2. The Balaban J connectivity index is 1.27. The lowest BCUT2D eigenvalue weighted by Gasteiger charge is -2.53. The summed E-state index contributed by atoms with van der Waals surface area (Å²) in [5.41, 5.74) is 8.18. The van der Waals surface area contributed by atoms with Gasteiger partial charge in [-0.3, -0.25) is 0 Å². The highest BCUT2D eigenvalue weighted by atomic mass is 32.1. The molecule has 0 radical (unpaired) electrons. The molecule has 3 aromatic heterocycles. The normalized spacial score (nSPS) is 16.6. The Bertz CT molecular complexity index is 1550. The zero-order valence-electron chi connectivity index (χ0n) is 21.2. The van der Waals surface area contributed by atoms with E-state index in [2.05, 4.69) is 27.1 Å². The van der Waals surface area contributed by atoms with E-state index in [9.17, 15) is 10.1 Å². The minimum atomic E-state index is -0.324. The lowest BCUT2D eigenvalue weighted by molar-refractivity contribution is 0.0143. The van der Waals surface area contributed by atoms with E-state index in [0.29, 0.717) is 10.6 Å². The molecule has 5 heterocycles.